The topological polar surface area (TPSA) is 42.7 Å². The molecule has 0 fully saturated rings. The Morgan fingerprint density at radius 2 is 1.95 bits per heavy atom. The van der Waals surface area contributed by atoms with E-state index < -0.39 is 0 Å². The van der Waals surface area contributed by atoms with Crippen molar-refractivity contribution in [1.82, 2.24) is 19.9 Å². The third kappa shape index (κ3) is 3.41. The van der Waals surface area contributed by atoms with E-state index >= 15 is 0 Å². The van der Waals surface area contributed by atoms with Crippen molar-refractivity contribution in [2.75, 3.05) is 0 Å². The first kappa shape index (κ1) is 13.7. The van der Waals surface area contributed by atoms with Crippen LogP contribution in [0.3, 0.4) is 0 Å². The highest BCUT2D eigenvalue weighted by Crippen LogP contribution is 2.12. The second-order valence-electron chi connectivity index (χ2n) is 5.88. The van der Waals surface area contributed by atoms with Crippen molar-refractivity contribution in [3.63, 3.8) is 0 Å². The minimum atomic E-state index is 0.0964. The first-order valence-corrected chi connectivity index (χ1v) is 6.59. The molecule has 19 heavy (non-hydrogen) atoms. The molecule has 4 heteroatoms. The average molecular weight is 258 g/mol. The highest BCUT2D eigenvalue weighted by molar-refractivity contribution is 5.29. The average Bonchev–Trinajstić information content (AvgIpc) is 2.67. The normalized spacial score (nSPS) is 11.8. The zero-order valence-corrected chi connectivity index (χ0v) is 12.4. The number of pyridine rings is 1. The molecular formula is C15H22N4. The molecule has 1 N–H and O–H groups in total. The molecule has 0 aromatic carbocycles. The quantitative estimate of drug-likeness (QED) is 0.920. The second kappa shape index (κ2) is 5.13. The Morgan fingerprint density at radius 3 is 2.53 bits per heavy atom. The molecule has 0 radical (unpaired) electrons. The number of rotatable bonds is 3. The van der Waals surface area contributed by atoms with Crippen LogP contribution >= 0.6 is 0 Å². The van der Waals surface area contributed by atoms with Crippen LogP contribution in [-0.2, 0) is 6.54 Å². The van der Waals surface area contributed by atoms with Gasteiger partial charge in [0.15, 0.2) is 0 Å². The maximum absolute atomic E-state index is 4.68. The van der Waals surface area contributed by atoms with Gasteiger partial charge in [0.2, 0.25) is 0 Å². The van der Waals surface area contributed by atoms with Gasteiger partial charge in [-0.05, 0) is 46.8 Å². The standard InChI is InChI=1S/C15H22N4/c1-11-12(2)19(10-16-11)14-8-6-7-13(18-14)9-17-15(3,4)5/h6-8,10,17H,9H2,1-5H3. The highest BCUT2D eigenvalue weighted by atomic mass is 15.1. The Kier molecular flexibility index (Phi) is 3.71. The van der Waals surface area contributed by atoms with E-state index in [9.17, 15) is 0 Å². The molecule has 0 saturated heterocycles. The third-order valence-corrected chi connectivity index (χ3v) is 3.09. The van der Waals surface area contributed by atoms with Gasteiger partial charge in [0, 0.05) is 17.8 Å². The first-order valence-electron chi connectivity index (χ1n) is 6.59. The van der Waals surface area contributed by atoms with Gasteiger partial charge in [0.25, 0.3) is 0 Å². The molecule has 2 aromatic heterocycles. The summed E-state index contributed by atoms with van der Waals surface area (Å²) in [6, 6.07) is 6.09. The molecule has 0 atom stereocenters. The largest absolute Gasteiger partial charge is 0.306 e. The van der Waals surface area contributed by atoms with Crippen molar-refractivity contribution in [2.24, 2.45) is 0 Å². The summed E-state index contributed by atoms with van der Waals surface area (Å²) in [7, 11) is 0. The van der Waals surface area contributed by atoms with E-state index in [1.807, 2.05) is 36.0 Å². The van der Waals surface area contributed by atoms with Gasteiger partial charge in [-0.1, -0.05) is 6.07 Å². The number of imidazole rings is 1. The van der Waals surface area contributed by atoms with Crippen molar-refractivity contribution in [3.05, 3.63) is 41.6 Å². The lowest BCUT2D eigenvalue weighted by Gasteiger charge is -2.20. The maximum atomic E-state index is 4.68. The predicted molar refractivity (Wildman–Crippen MR) is 77.4 cm³/mol. The molecule has 0 amide bonds. The van der Waals surface area contributed by atoms with Gasteiger partial charge < -0.3 is 5.32 Å². The third-order valence-electron chi connectivity index (χ3n) is 3.09. The van der Waals surface area contributed by atoms with Crippen LogP contribution in [0.25, 0.3) is 5.82 Å². The SMILES string of the molecule is Cc1ncn(-c2cccc(CNC(C)(C)C)n2)c1C. The van der Waals surface area contributed by atoms with E-state index in [0.717, 1.165) is 29.4 Å². The summed E-state index contributed by atoms with van der Waals surface area (Å²) in [6.45, 7) is 11.3. The van der Waals surface area contributed by atoms with E-state index in [0.29, 0.717) is 0 Å². The summed E-state index contributed by atoms with van der Waals surface area (Å²) in [4.78, 5) is 9.00. The lowest BCUT2D eigenvalue weighted by atomic mass is 10.1. The van der Waals surface area contributed by atoms with Crippen molar-refractivity contribution in [3.8, 4) is 5.82 Å². The summed E-state index contributed by atoms with van der Waals surface area (Å²) >= 11 is 0. The Balaban J connectivity index is 2.22. The Bertz CT molecular complexity index is 564. The highest BCUT2D eigenvalue weighted by Gasteiger charge is 2.10. The Hall–Kier alpha value is -1.68. The smallest absolute Gasteiger partial charge is 0.138 e. The molecule has 2 heterocycles. The number of nitrogens with one attached hydrogen (secondary N) is 1. The van der Waals surface area contributed by atoms with Gasteiger partial charge in [-0.2, -0.15) is 0 Å². The van der Waals surface area contributed by atoms with Crippen LogP contribution in [0.1, 0.15) is 37.9 Å². The van der Waals surface area contributed by atoms with Gasteiger partial charge >= 0.3 is 0 Å². The first-order chi connectivity index (χ1) is 8.87. The maximum Gasteiger partial charge on any atom is 0.138 e. The fourth-order valence-electron chi connectivity index (χ4n) is 1.78. The van der Waals surface area contributed by atoms with Crippen LogP contribution in [0.4, 0.5) is 0 Å². The van der Waals surface area contributed by atoms with Gasteiger partial charge in [0.05, 0.1) is 11.4 Å². The van der Waals surface area contributed by atoms with Crippen LogP contribution in [0.5, 0.6) is 0 Å². The number of aryl methyl sites for hydroxylation is 1. The van der Waals surface area contributed by atoms with E-state index in [2.05, 4.69) is 43.0 Å². The number of hydrogen-bond acceptors (Lipinski definition) is 3. The molecule has 2 rings (SSSR count). The van der Waals surface area contributed by atoms with E-state index in [1.165, 1.54) is 0 Å². The van der Waals surface area contributed by atoms with Crippen LogP contribution in [-0.4, -0.2) is 20.1 Å². The zero-order chi connectivity index (χ0) is 14.0. The molecular weight excluding hydrogens is 236 g/mol. The van der Waals surface area contributed by atoms with Crippen LogP contribution < -0.4 is 5.32 Å². The van der Waals surface area contributed by atoms with Gasteiger partial charge in [0.1, 0.15) is 12.1 Å². The second-order valence-corrected chi connectivity index (χ2v) is 5.88. The van der Waals surface area contributed by atoms with E-state index in [1.54, 1.807) is 0 Å². The number of nitrogens with zero attached hydrogens (tertiary/aromatic N) is 3. The molecule has 0 aliphatic carbocycles. The fraction of sp³-hybridized carbons (Fsp3) is 0.467. The summed E-state index contributed by atoms with van der Waals surface area (Å²) in [6.07, 6.45) is 1.83. The summed E-state index contributed by atoms with van der Waals surface area (Å²) in [5.41, 5.74) is 3.31. The molecule has 4 nitrogen and oxygen atoms in total. The van der Waals surface area contributed by atoms with E-state index in [-0.39, 0.29) is 5.54 Å². The van der Waals surface area contributed by atoms with Gasteiger partial charge in [-0.25, -0.2) is 9.97 Å². The van der Waals surface area contributed by atoms with E-state index in [4.69, 9.17) is 0 Å². The Morgan fingerprint density at radius 1 is 1.21 bits per heavy atom. The molecule has 102 valence electrons. The molecule has 0 spiro atoms. The van der Waals surface area contributed by atoms with Crippen molar-refractivity contribution >= 4 is 0 Å². The molecule has 2 aromatic rings. The molecule has 0 unspecified atom stereocenters. The molecule has 0 bridgehead atoms. The van der Waals surface area contributed by atoms with Crippen molar-refractivity contribution < 1.29 is 0 Å². The number of aromatic nitrogens is 3. The lowest BCUT2D eigenvalue weighted by Crippen LogP contribution is -2.35. The lowest BCUT2D eigenvalue weighted by molar-refractivity contribution is 0.421. The molecule has 0 aliphatic rings. The van der Waals surface area contributed by atoms with Gasteiger partial charge in [-0.3, -0.25) is 4.57 Å². The minimum absolute atomic E-state index is 0.0964. The minimum Gasteiger partial charge on any atom is -0.306 e. The van der Waals surface area contributed by atoms with Crippen LogP contribution in [0, 0.1) is 13.8 Å². The summed E-state index contributed by atoms with van der Waals surface area (Å²) in [5.74, 6) is 0.923. The fourth-order valence-corrected chi connectivity index (χ4v) is 1.78. The zero-order valence-electron chi connectivity index (χ0n) is 12.4. The monoisotopic (exact) mass is 258 g/mol. The van der Waals surface area contributed by atoms with Gasteiger partial charge in [-0.15, -0.1) is 0 Å². The van der Waals surface area contributed by atoms with Crippen LogP contribution in [0.2, 0.25) is 0 Å². The van der Waals surface area contributed by atoms with Crippen molar-refractivity contribution in [1.29, 1.82) is 0 Å². The molecule has 0 saturated carbocycles. The summed E-state index contributed by atoms with van der Waals surface area (Å²) < 4.78 is 2.02. The predicted octanol–water partition coefficient (Wildman–Crippen LogP) is 2.77. The Labute approximate surface area is 114 Å². The summed E-state index contributed by atoms with van der Waals surface area (Å²) in [5, 5.41) is 3.45. The van der Waals surface area contributed by atoms with Crippen LogP contribution in [0.15, 0.2) is 24.5 Å². The van der Waals surface area contributed by atoms with Crippen molar-refractivity contribution in [2.45, 2.75) is 46.7 Å². The number of hydrogen-bond donors (Lipinski definition) is 1. The molecule has 0 aliphatic heterocycles.